The fourth-order valence-electron chi connectivity index (χ4n) is 1.59. The second-order valence-electron chi connectivity index (χ2n) is 3.79. The van der Waals surface area contributed by atoms with E-state index in [1.165, 1.54) is 0 Å². The van der Waals surface area contributed by atoms with E-state index in [4.69, 9.17) is 10.8 Å². The van der Waals surface area contributed by atoms with Gasteiger partial charge in [-0.25, -0.2) is 4.79 Å². The number of benzene rings is 1. The minimum Gasteiger partial charge on any atom is -0.480 e. The van der Waals surface area contributed by atoms with E-state index in [2.05, 4.69) is 5.32 Å². The largest absolute Gasteiger partial charge is 0.480 e. The second-order valence-corrected chi connectivity index (χ2v) is 3.79. The van der Waals surface area contributed by atoms with Crippen LogP contribution in [-0.2, 0) is 4.79 Å². The molecule has 0 radical (unpaired) electrons. The number of rotatable bonds is 5. The summed E-state index contributed by atoms with van der Waals surface area (Å²) in [5, 5.41) is 11.8. The highest BCUT2D eigenvalue weighted by molar-refractivity contribution is 5.96. The van der Waals surface area contributed by atoms with Crippen molar-refractivity contribution in [1.82, 2.24) is 0 Å². The maximum absolute atomic E-state index is 11.1. The van der Waals surface area contributed by atoms with Gasteiger partial charge in [-0.15, -0.1) is 0 Å². The predicted octanol–water partition coefficient (Wildman–Crippen LogP) is 1.37. The summed E-state index contributed by atoms with van der Waals surface area (Å²) in [7, 11) is 0. The molecule has 0 saturated carbocycles. The van der Waals surface area contributed by atoms with E-state index < -0.39 is 17.9 Å². The third-order valence-electron chi connectivity index (χ3n) is 2.64. The average Bonchev–Trinajstić information content (AvgIpc) is 2.26. The molecule has 1 atom stereocenters. The van der Waals surface area contributed by atoms with Crippen LogP contribution in [0.4, 0.5) is 5.69 Å². The highest BCUT2D eigenvalue weighted by Gasteiger charge is 2.16. The van der Waals surface area contributed by atoms with E-state index in [1.807, 2.05) is 0 Å². The highest BCUT2D eigenvalue weighted by atomic mass is 16.4. The molecule has 0 bridgehead atoms. The monoisotopic (exact) mass is 236 g/mol. The number of hydrogen-bond donors (Lipinski definition) is 3. The molecule has 0 spiro atoms. The average molecular weight is 236 g/mol. The van der Waals surface area contributed by atoms with Crippen LogP contribution >= 0.6 is 0 Å². The van der Waals surface area contributed by atoms with Crippen molar-refractivity contribution in [3.63, 3.8) is 0 Å². The van der Waals surface area contributed by atoms with Crippen molar-refractivity contribution in [3.8, 4) is 0 Å². The molecule has 0 aliphatic carbocycles. The number of carboxylic acid groups (broad SMARTS) is 1. The molecule has 0 aliphatic rings. The van der Waals surface area contributed by atoms with Crippen LogP contribution in [-0.4, -0.2) is 23.0 Å². The van der Waals surface area contributed by atoms with Crippen molar-refractivity contribution in [3.05, 3.63) is 29.3 Å². The van der Waals surface area contributed by atoms with Gasteiger partial charge in [0.15, 0.2) is 0 Å². The van der Waals surface area contributed by atoms with Crippen LogP contribution < -0.4 is 11.1 Å². The molecule has 1 aromatic rings. The van der Waals surface area contributed by atoms with Gasteiger partial charge < -0.3 is 16.2 Å². The van der Waals surface area contributed by atoms with Crippen LogP contribution in [0.1, 0.15) is 29.3 Å². The number of primary amides is 1. The van der Waals surface area contributed by atoms with Crippen molar-refractivity contribution in [2.45, 2.75) is 26.3 Å². The van der Waals surface area contributed by atoms with Gasteiger partial charge in [0.05, 0.1) is 0 Å². The SMILES string of the molecule is CCC(Nc1cccc(C(N)=O)c1C)C(=O)O. The predicted molar refractivity (Wildman–Crippen MR) is 65.0 cm³/mol. The normalized spacial score (nSPS) is 11.9. The lowest BCUT2D eigenvalue weighted by atomic mass is 10.1. The first kappa shape index (κ1) is 13.0. The Bertz CT molecular complexity index is 443. The summed E-state index contributed by atoms with van der Waals surface area (Å²) in [5.74, 6) is -1.44. The molecule has 92 valence electrons. The van der Waals surface area contributed by atoms with Gasteiger partial charge in [-0.2, -0.15) is 0 Å². The third-order valence-corrected chi connectivity index (χ3v) is 2.64. The lowest BCUT2D eigenvalue weighted by molar-refractivity contribution is -0.137. The van der Waals surface area contributed by atoms with Gasteiger partial charge in [0.2, 0.25) is 5.91 Å². The molecule has 1 amide bonds. The first-order valence-electron chi connectivity index (χ1n) is 5.36. The van der Waals surface area contributed by atoms with Gasteiger partial charge in [0.1, 0.15) is 6.04 Å². The Labute approximate surface area is 99.6 Å². The zero-order valence-corrected chi connectivity index (χ0v) is 9.86. The lowest BCUT2D eigenvalue weighted by Gasteiger charge is -2.16. The first-order chi connectivity index (χ1) is 7.97. The Morgan fingerprint density at radius 3 is 2.59 bits per heavy atom. The van der Waals surface area contributed by atoms with Crippen LogP contribution in [0.5, 0.6) is 0 Å². The second kappa shape index (κ2) is 5.34. The molecule has 5 nitrogen and oxygen atoms in total. The highest BCUT2D eigenvalue weighted by Crippen LogP contribution is 2.20. The Balaban J connectivity index is 3.03. The van der Waals surface area contributed by atoms with Crippen LogP contribution in [0.25, 0.3) is 0 Å². The van der Waals surface area contributed by atoms with E-state index >= 15 is 0 Å². The molecular formula is C12H16N2O3. The van der Waals surface area contributed by atoms with E-state index in [9.17, 15) is 9.59 Å². The molecule has 4 N–H and O–H groups in total. The van der Waals surface area contributed by atoms with Crippen LogP contribution in [0.3, 0.4) is 0 Å². The molecule has 0 fully saturated rings. The molecule has 1 aromatic carbocycles. The fraction of sp³-hybridized carbons (Fsp3) is 0.333. The van der Waals surface area contributed by atoms with Gasteiger partial charge in [0.25, 0.3) is 0 Å². The lowest BCUT2D eigenvalue weighted by Crippen LogP contribution is -2.29. The molecule has 5 heteroatoms. The number of carboxylic acids is 1. The number of hydrogen-bond acceptors (Lipinski definition) is 3. The number of nitrogens with two attached hydrogens (primary N) is 1. The summed E-state index contributed by atoms with van der Waals surface area (Å²) < 4.78 is 0. The van der Waals surface area contributed by atoms with Crippen LogP contribution in [0.2, 0.25) is 0 Å². The van der Waals surface area contributed by atoms with Gasteiger partial charge >= 0.3 is 5.97 Å². The Morgan fingerprint density at radius 2 is 2.12 bits per heavy atom. The smallest absolute Gasteiger partial charge is 0.326 e. The maximum atomic E-state index is 11.1. The standard InChI is InChI=1S/C12H16N2O3/c1-3-9(12(16)17)14-10-6-4-5-8(7(10)2)11(13)15/h4-6,9,14H,3H2,1-2H3,(H2,13,15)(H,16,17). The van der Waals surface area contributed by atoms with E-state index in [-0.39, 0.29) is 0 Å². The zero-order valence-electron chi connectivity index (χ0n) is 9.86. The zero-order chi connectivity index (χ0) is 13.0. The summed E-state index contributed by atoms with van der Waals surface area (Å²) >= 11 is 0. The fourth-order valence-corrected chi connectivity index (χ4v) is 1.59. The number of carbonyl (C=O) groups is 2. The molecule has 1 rings (SSSR count). The van der Waals surface area contributed by atoms with E-state index in [0.717, 1.165) is 0 Å². The van der Waals surface area contributed by atoms with Crippen molar-refractivity contribution >= 4 is 17.6 Å². The van der Waals surface area contributed by atoms with Crippen molar-refractivity contribution in [2.75, 3.05) is 5.32 Å². The summed E-state index contributed by atoms with van der Waals surface area (Å²) in [5.41, 5.74) is 6.91. The first-order valence-corrected chi connectivity index (χ1v) is 5.36. The summed E-state index contributed by atoms with van der Waals surface area (Å²) in [6, 6.07) is 4.35. The number of aliphatic carboxylic acids is 1. The van der Waals surface area contributed by atoms with Gasteiger partial charge in [-0.1, -0.05) is 13.0 Å². The summed E-state index contributed by atoms with van der Waals surface area (Å²) in [4.78, 5) is 22.1. The number of nitrogens with one attached hydrogen (secondary N) is 1. The molecule has 17 heavy (non-hydrogen) atoms. The van der Waals surface area contributed by atoms with E-state index in [0.29, 0.717) is 23.2 Å². The quantitative estimate of drug-likeness (QED) is 0.719. The van der Waals surface area contributed by atoms with Crippen molar-refractivity contribution in [2.24, 2.45) is 5.73 Å². The number of anilines is 1. The number of amides is 1. The molecule has 1 unspecified atom stereocenters. The minimum absolute atomic E-state index is 0.398. The Morgan fingerprint density at radius 1 is 1.47 bits per heavy atom. The molecule has 0 aromatic heterocycles. The van der Waals surface area contributed by atoms with Gasteiger partial charge in [0, 0.05) is 11.3 Å². The topological polar surface area (TPSA) is 92.4 Å². The van der Waals surface area contributed by atoms with Crippen molar-refractivity contribution < 1.29 is 14.7 Å². The van der Waals surface area contributed by atoms with Crippen LogP contribution in [0.15, 0.2) is 18.2 Å². The molecule has 0 aliphatic heterocycles. The molecular weight excluding hydrogens is 220 g/mol. The third kappa shape index (κ3) is 2.96. The maximum Gasteiger partial charge on any atom is 0.326 e. The van der Waals surface area contributed by atoms with Gasteiger partial charge in [-0.3, -0.25) is 4.79 Å². The summed E-state index contributed by atoms with van der Waals surface area (Å²) in [6.45, 7) is 3.51. The summed E-state index contributed by atoms with van der Waals surface area (Å²) in [6.07, 6.45) is 0.454. The van der Waals surface area contributed by atoms with Gasteiger partial charge in [-0.05, 0) is 31.0 Å². The minimum atomic E-state index is -0.920. The van der Waals surface area contributed by atoms with E-state index in [1.54, 1.807) is 32.0 Å². The number of carbonyl (C=O) groups excluding carboxylic acids is 1. The molecule has 0 heterocycles. The Kier molecular flexibility index (Phi) is 4.09. The van der Waals surface area contributed by atoms with Crippen LogP contribution in [0, 0.1) is 6.92 Å². The van der Waals surface area contributed by atoms with Crippen molar-refractivity contribution in [1.29, 1.82) is 0 Å². The molecule has 0 saturated heterocycles. The Hall–Kier alpha value is -2.04.